The molecule has 0 saturated heterocycles. The lowest BCUT2D eigenvalue weighted by atomic mass is 10.5. The van der Waals surface area contributed by atoms with Crippen LogP contribution >= 0.6 is 31.4 Å². The Labute approximate surface area is 79.3 Å². The maximum Gasteiger partial charge on any atom is 0.0439 e. The first-order valence-corrected chi connectivity index (χ1v) is 7.36. The molecule has 0 amide bonds. The first kappa shape index (κ1) is 12.0. The zero-order chi connectivity index (χ0) is 8.36. The van der Waals surface area contributed by atoms with Crippen LogP contribution in [0.1, 0.15) is 12.8 Å². The van der Waals surface area contributed by atoms with E-state index < -0.39 is 0 Å². The highest BCUT2D eigenvalue weighted by Crippen LogP contribution is 2.34. The van der Waals surface area contributed by atoms with E-state index in [1.165, 1.54) is 0 Å². The summed E-state index contributed by atoms with van der Waals surface area (Å²) in [7, 11) is 5.28. The molecule has 0 spiro atoms. The normalized spacial score (nSPS) is 10.4. The molecule has 0 aliphatic rings. The van der Waals surface area contributed by atoms with E-state index in [4.69, 9.17) is 10.2 Å². The summed E-state index contributed by atoms with van der Waals surface area (Å²) in [5.74, 6) is 2.01. The molecule has 0 saturated carbocycles. The molecule has 2 nitrogen and oxygen atoms in total. The predicted octanol–water partition coefficient (Wildman–Crippen LogP) is 1.78. The molecule has 0 radical (unpaired) electrons. The van der Waals surface area contributed by atoms with Gasteiger partial charge in [-0.2, -0.15) is 0 Å². The number of aliphatic hydroxyl groups excluding tert-OH is 2. The van der Waals surface area contributed by atoms with E-state index >= 15 is 0 Å². The Morgan fingerprint density at radius 1 is 0.818 bits per heavy atom. The van der Waals surface area contributed by atoms with Crippen LogP contribution in [0, 0.1) is 0 Å². The first-order valence-electron chi connectivity index (χ1n) is 3.54. The van der Waals surface area contributed by atoms with Crippen molar-refractivity contribution in [2.24, 2.45) is 0 Å². The third-order valence-electron chi connectivity index (χ3n) is 0.868. The number of aliphatic hydroxyl groups is 2. The van der Waals surface area contributed by atoms with Crippen LogP contribution < -0.4 is 0 Å². The van der Waals surface area contributed by atoms with E-state index in [1.807, 2.05) is 0 Å². The molecule has 68 valence electrons. The van der Waals surface area contributed by atoms with Crippen molar-refractivity contribution in [3.05, 3.63) is 0 Å². The molecule has 0 aromatic carbocycles. The summed E-state index contributed by atoms with van der Waals surface area (Å²) in [6, 6.07) is 0. The van der Waals surface area contributed by atoms with Crippen molar-refractivity contribution in [2.75, 3.05) is 24.7 Å². The zero-order valence-corrected chi connectivity index (χ0v) is 8.81. The van der Waals surface area contributed by atoms with E-state index in [0.29, 0.717) is 0 Å². The van der Waals surface area contributed by atoms with Crippen LogP contribution in [0.25, 0.3) is 0 Å². The van der Waals surface area contributed by atoms with Crippen molar-refractivity contribution in [1.29, 1.82) is 0 Å². The van der Waals surface area contributed by atoms with Crippen LogP contribution in [0.2, 0.25) is 0 Å². The topological polar surface area (TPSA) is 40.5 Å². The molecule has 2 N–H and O–H groups in total. The Hall–Kier alpha value is 0.970. The first-order chi connectivity index (χ1) is 5.41. The van der Waals surface area contributed by atoms with Crippen molar-refractivity contribution >= 4 is 31.4 Å². The highest BCUT2D eigenvalue weighted by molar-refractivity contribution is 9.09. The van der Waals surface area contributed by atoms with Crippen molar-refractivity contribution in [3.63, 3.8) is 0 Å². The lowest BCUT2D eigenvalue weighted by Crippen LogP contribution is -1.83. The van der Waals surface area contributed by atoms with Gasteiger partial charge < -0.3 is 10.2 Å². The van der Waals surface area contributed by atoms with E-state index in [9.17, 15) is 0 Å². The summed E-state index contributed by atoms with van der Waals surface area (Å²) in [5.41, 5.74) is 0. The maximum atomic E-state index is 8.44. The molecule has 0 aromatic heterocycles. The molecule has 0 aromatic rings. The number of rotatable bonds is 8. The molecule has 0 rings (SSSR count). The third-order valence-corrected chi connectivity index (χ3v) is 5.28. The summed E-state index contributed by atoms with van der Waals surface area (Å²) in [6.45, 7) is 0.573. The SMILES string of the molecule is OCCCSSSCCCO. The molecule has 0 aliphatic carbocycles. The zero-order valence-electron chi connectivity index (χ0n) is 6.36. The Morgan fingerprint density at radius 2 is 1.27 bits per heavy atom. The minimum atomic E-state index is 0.287. The molecular formula is C6H14O2S3. The van der Waals surface area contributed by atoms with Crippen molar-refractivity contribution in [1.82, 2.24) is 0 Å². The minimum Gasteiger partial charge on any atom is -0.396 e. The highest BCUT2D eigenvalue weighted by Gasteiger charge is 1.90. The van der Waals surface area contributed by atoms with Gasteiger partial charge in [-0.3, -0.25) is 0 Å². The van der Waals surface area contributed by atoms with Crippen molar-refractivity contribution in [3.8, 4) is 0 Å². The molecule has 0 aliphatic heterocycles. The number of hydrogen-bond acceptors (Lipinski definition) is 5. The van der Waals surface area contributed by atoms with E-state index in [1.54, 1.807) is 31.4 Å². The van der Waals surface area contributed by atoms with Gasteiger partial charge in [0, 0.05) is 24.7 Å². The van der Waals surface area contributed by atoms with Gasteiger partial charge in [-0.25, -0.2) is 0 Å². The van der Waals surface area contributed by atoms with Crippen LogP contribution in [0.15, 0.2) is 0 Å². The van der Waals surface area contributed by atoms with Gasteiger partial charge in [0.05, 0.1) is 0 Å². The summed E-state index contributed by atoms with van der Waals surface area (Å²) in [4.78, 5) is 0. The Morgan fingerprint density at radius 3 is 1.64 bits per heavy atom. The van der Waals surface area contributed by atoms with Gasteiger partial charge in [-0.1, -0.05) is 21.6 Å². The van der Waals surface area contributed by atoms with Gasteiger partial charge in [0.25, 0.3) is 0 Å². The van der Waals surface area contributed by atoms with Crippen LogP contribution in [-0.2, 0) is 0 Å². The van der Waals surface area contributed by atoms with Gasteiger partial charge in [-0.15, -0.1) is 0 Å². The largest absolute Gasteiger partial charge is 0.396 e. The fourth-order valence-electron chi connectivity index (χ4n) is 0.349. The standard InChI is InChI=1S/C6H14O2S3/c7-3-1-5-9-11-10-6-2-4-8/h7-8H,1-6H2. The average Bonchev–Trinajstić information content (AvgIpc) is 2.03. The molecule has 0 fully saturated rings. The number of hydrogen-bond donors (Lipinski definition) is 2. The van der Waals surface area contributed by atoms with Gasteiger partial charge >= 0.3 is 0 Å². The second-order valence-corrected chi connectivity index (χ2v) is 6.34. The van der Waals surface area contributed by atoms with E-state index in [0.717, 1.165) is 24.3 Å². The third kappa shape index (κ3) is 11.0. The van der Waals surface area contributed by atoms with Crippen molar-refractivity contribution in [2.45, 2.75) is 12.8 Å². The van der Waals surface area contributed by atoms with Crippen LogP contribution in [-0.4, -0.2) is 34.9 Å². The smallest absolute Gasteiger partial charge is 0.0439 e. The molecule has 0 atom stereocenters. The summed E-state index contributed by atoms with van der Waals surface area (Å²) in [6.07, 6.45) is 1.75. The average molecular weight is 214 g/mol. The van der Waals surface area contributed by atoms with Gasteiger partial charge in [0.15, 0.2) is 0 Å². The highest BCUT2D eigenvalue weighted by atomic mass is 33.5. The fourth-order valence-corrected chi connectivity index (χ4v) is 4.20. The summed E-state index contributed by atoms with van der Waals surface area (Å²) < 4.78 is 0. The Kier molecular flexibility index (Phi) is 11.9. The van der Waals surface area contributed by atoms with Gasteiger partial charge in [-0.05, 0) is 22.7 Å². The van der Waals surface area contributed by atoms with Crippen LogP contribution in [0.4, 0.5) is 0 Å². The molecule has 11 heavy (non-hydrogen) atoms. The van der Waals surface area contributed by atoms with Crippen LogP contribution in [0.3, 0.4) is 0 Å². The monoisotopic (exact) mass is 214 g/mol. The molecule has 0 unspecified atom stereocenters. The lowest BCUT2D eigenvalue weighted by molar-refractivity contribution is 0.296. The molecule has 0 heterocycles. The van der Waals surface area contributed by atoms with Crippen molar-refractivity contribution < 1.29 is 10.2 Å². The second-order valence-electron chi connectivity index (χ2n) is 1.87. The predicted molar refractivity (Wildman–Crippen MR) is 55.9 cm³/mol. The van der Waals surface area contributed by atoms with Crippen LogP contribution in [0.5, 0.6) is 0 Å². The molecular weight excluding hydrogens is 200 g/mol. The summed E-state index contributed by atoms with van der Waals surface area (Å²) in [5, 5.41) is 16.9. The van der Waals surface area contributed by atoms with E-state index in [2.05, 4.69) is 0 Å². The Balaban J connectivity index is 2.69. The second kappa shape index (κ2) is 11.0. The Bertz CT molecular complexity index is 64.8. The quantitative estimate of drug-likeness (QED) is 0.476. The minimum absolute atomic E-state index is 0.287. The lowest BCUT2D eigenvalue weighted by Gasteiger charge is -1.97. The van der Waals surface area contributed by atoms with E-state index in [-0.39, 0.29) is 13.2 Å². The molecule has 0 bridgehead atoms. The maximum absolute atomic E-state index is 8.44. The van der Waals surface area contributed by atoms with Gasteiger partial charge in [0.2, 0.25) is 0 Å². The molecule has 5 heteroatoms. The fraction of sp³-hybridized carbons (Fsp3) is 1.00. The summed E-state index contributed by atoms with van der Waals surface area (Å²) >= 11 is 0. The van der Waals surface area contributed by atoms with Gasteiger partial charge in [0.1, 0.15) is 0 Å².